The number of ether oxygens (including phenoxy) is 1. The van der Waals surface area contributed by atoms with Gasteiger partial charge in [-0.2, -0.15) is 0 Å². The van der Waals surface area contributed by atoms with Gasteiger partial charge in [-0.15, -0.1) is 37.1 Å². The van der Waals surface area contributed by atoms with E-state index in [2.05, 4.69) is 15.0 Å². The summed E-state index contributed by atoms with van der Waals surface area (Å²) < 4.78 is 65.1. The van der Waals surface area contributed by atoms with Crippen LogP contribution >= 0.6 is 24.0 Å². The lowest BCUT2D eigenvalue weighted by Gasteiger charge is -2.19. The predicted molar refractivity (Wildman–Crippen MR) is 126 cm³/mol. The zero-order valence-corrected chi connectivity index (χ0v) is 20.4. The fourth-order valence-electron chi connectivity index (χ4n) is 2.49. The van der Waals surface area contributed by atoms with Crippen molar-refractivity contribution >= 4 is 45.5 Å². The molecule has 6 nitrogen and oxygen atoms in total. The minimum atomic E-state index is -4.77. The molecule has 2 rings (SSSR count). The molecule has 0 bridgehead atoms. The second-order valence-electron chi connectivity index (χ2n) is 7.56. The molecule has 2 aromatic carbocycles. The molecule has 0 atom stereocenters. The maximum absolute atomic E-state index is 12.4. The first kappa shape index (κ1) is 27.0. The molecule has 31 heavy (non-hydrogen) atoms. The topological polar surface area (TPSA) is 93.8 Å². The number of nitrogens with one attached hydrogen (secondary N) is 1. The van der Waals surface area contributed by atoms with Crippen molar-refractivity contribution in [3.05, 3.63) is 54.1 Å². The number of halogens is 4. The van der Waals surface area contributed by atoms with Gasteiger partial charge in [0.1, 0.15) is 5.75 Å². The minimum absolute atomic E-state index is 0. The number of nitrogens with zero attached hydrogens (tertiary/aromatic N) is 1. The molecule has 11 heteroatoms. The fourth-order valence-corrected chi connectivity index (χ4v) is 3.61. The number of guanidine groups is 1. The van der Waals surface area contributed by atoms with E-state index in [0.717, 1.165) is 17.7 Å². The monoisotopic (exact) mass is 571 g/mol. The van der Waals surface area contributed by atoms with Crippen molar-refractivity contribution in [2.75, 3.05) is 17.6 Å². The number of hydrogen-bond donors (Lipinski definition) is 2. The number of hydrogen-bond acceptors (Lipinski definition) is 4. The van der Waals surface area contributed by atoms with Crippen molar-refractivity contribution in [1.82, 2.24) is 0 Å². The molecule has 0 saturated heterocycles. The van der Waals surface area contributed by atoms with Crippen molar-refractivity contribution in [2.24, 2.45) is 10.7 Å². The third kappa shape index (κ3) is 8.93. The average molecular weight is 571 g/mol. The minimum Gasteiger partial charge on any atom is -0.406 e. The number of benzene rings is 2. The quantitative estimate of drug-likeness (QED) is 0.298. The van der Waals surface area contributed by atoms with Gasteiger partial charge in [-0.3, -0.25) is 4.99 Å². The fraction of sp³-hybridized carbons (Fsp3) is 0.350. The largest absolute Gasteiger partial charge is 0.573 e. The average Bonchev–Trinajstić information content (AvgIpc) is 2.61. The van der Waals surface area contributed by atoms with E-state index in [0.29, 0.717) is 5.69 Å². The summed E-state index contributed by atoms with van der Waals surface area (Å²) in [4.78, 5) is 4.17. The Morgan fingerprint density at radius 1 is 1.03 bits per heavy atom. The van der Waals surface area contributed by atoms with E-state index in [1.165, 1.54) is 12.1 Å². The van der Waals surface area contributed by atoms with Crippen LogP contribution in [0, 0.1) is 0 Å². The van der Waals surface area contributed by atoms with Gasteiger partial charge in [-0.25, -0.2) is 8.42 Å². The summed E-state index contributed by atoms with van der Waals surface area (Å²) in [5.41, 5.74) is 7.04. The summed E-state index contributed by atoms with van der Waals surface area (Å²) in [7, 11) is -3.53. The van der Waals surface area contributed by atoms with E-state index in [1.807, 2.05) is 20.8 Å². The summed E-state index contributed by atoms with van der Waals surface area (Å²) in [6.07, 6.45) is -4.77. The first-order valence-corrected chi connectivity index (χ1v) is 10.7. The number of alkyl halides is 3. The first-order chi connectivity index (χ1) is 13.8. The number of anilines is 1. The zero-order chi connectivity index (χ0) is 22.6. The Balaban J connectivity index is 0.00000480. The summed E-state index contributed by atoms with van der Waals surface area (Å²) >= 11 is 0. The highest BCUT2D eigenvalue weighted by atomic mass is 127. The lowest BCUT2D eigenvalue weighted by molar-refractivity contribution is -0.274. The molecule has 3 N–H and O–H groups in total. The first-order valence-electron chi connectivity index (χ1n) is 9.02. The number of aliphatic imine (C=N–C) groups is 1. The van der Waals surface area contributed by atoms with Gasteiger partial charge in [-0.05, 0) is 47.4 Å². The van der Waals surface area contributed by atoms with Crippen molar-refractivity contribution in [1.29, 1.82) is 0 Å². The van der Waals surface area contributed by atoms with Gasteiger partial charge in [0.25, 0.3) is 0 Å². The molecule has 0 aromatic heterocycles. The van der Waals surface area contributed by atoms with Gasteiger partial charge in [0, 0.05) is 5.69 Å². The van der Waals surface area contributed by atoms with Crippen LogP contribution in [0.4, 0.5) is 18.9 Å². The number of rotatable bonds is 6. The van der Waals surface area contributed by atoms with Crippen LogP contribution in [0.25, 0.3) is 0 Å². The van der Waals surface area contributed by atoms with Crippen LogP contribution in [0.3, 0.4) is 0 Å². The third-order valence-corrected chi connectivity index (χ3v) is 5.79. The van der Waals surface area contributed by atoms with Gasteiger partial charge in [-0.1, -0.05) is 32.9 Å². The normalized spacial score (nSPS) is 12.8. The van der Waals surface area contributed by atoms with E-state index >= 15 is 0 Å². The Morgan fingerprint density at radius 3 is 2.06 bits per heavy atom. The maximum Gasteiger partial charge on any atom is 0.573 e. The van der Waals surface area contributed by atoms with E-state index in [-0.39, 0.29) is 58.3 Å². The van der Waals surface area contributed by atoms with Crippen molar-refractivity contribution in [3.8, 4) is 5.75 Å². The smallest absolute Gasteiger partial charge is 0.406 e. The molecule has 0 radical (unpaired) electrons. The van der Waals surface area contributed by atoms with Gasteiger partial charge in [0.05, 0.1) is 17.2 Å². The number of nitrogens with two attached hydrogens (primary N) is 1. The van der Waals surface area contributed by atoms with E-state index < -0.39 is 16.2 Å². The molecule has 172 valence electrons. The number of sulfone groups is 1. The molecule has 0 unspecified atom stereocenters. The lowest BCUT2D eigenvalue weighted by Crippen LogP contribution is -2.24. The van der Waals surface area contributed by atoms with Crippen LogP contribution in [0.1, 0.15) is 26.3 Å². The highest BCUT2D eigenvalue weighted by Crippen LogP contribution is 2.25. The van der Waals surface area contributed by atoms with Crippen molar-refractivity contribution in [2.45, 2.75) is 37.4 Å². The molecule has 2 aromatic rings. The van der Waals surface area contributed by atoms with Crippen LogP contribution in [0.15, 0.2) is 58.4 Å². The van der Waals surface area contributed by atoms with Crippen LogP contribution in [-0.2, 0) is 15.3 Å². The molecule has 0 heterocycles. The van der Waals surface area contributed by atoms with Gasteiger partial charge in [0.15, 0.2) is 15.8 Å². The second-order valence-corrected chi connectivity index (χ2v) is 9.67. The van der Waals surface area contributed by atoms with Gasteiger partial charge >= 0.3 is 6.36 Å². The van der Waals surface area contributed by atoms with Crippen LogP contribution in [0.5, 0.6) is 5.75 Å². The third-order valence-electron chi connectivity index (χ3n) is 4.08. The Hall–Kier alpha value is -2.02. The van der Waals surface area contributed by atoms with E-state index in [9.17, 15) is 21.6 Å². The predicted octanol–water partition coefficient (Wildman–Crippen LogP) is 4.70. The Morgan fingerprint density at radius 2 is 1.58 bits per heavy atom. The molecule has 0 amide bonds. The second kappa shape index (κ2) is 10.5. The summed E-state index contributed by atoms with van der Waals surface area (Å²) in [6.45, 7) is 6.05. The molecule has 0 fully saturated rings. The Bertz CT molecular complexity index is 986. The molecule has 0 aliphatic heterocycles. The standard InChI is InChI=1S/C20H24F3N3O3S.HI/c1-19(2,3)14-4-10-17(11-5-14)30(27,28)13-12-25-18(24)26-15-6-8-16(9-7-15)29-20(21,22)23;/h4-11H,12-13H2,1-3H3,(H3,24,25,26);1H. The molecular weight excluding hydrogens is 546 g/mol. The zero-order valence-electron chi connectivity index (χ0n) is 17.2. The Kier molecular flexibility index (Phi) is 9.18. The molecular formula is C20H25F3IN3O3S. The molecule has 0 aliphatic carbocycles. The van der Waals surface area contributed by atoms with Crippen LogP contribution < -0.4 is 15.8 Å². The highest BCUT2D eigenvalue weighted by Gasteiger charge is 2.30. The van der Waals surface area contributed by atoms with Crippen molar-refractivity contribution in [3.63, 3.8) is 0 Å². The van der Waals surface area contributed by atoms with Gasteiger partial charge < -0.3 is 15.8 Å². The maximum atomic E-state index is 12.4. The summed E-state index contributed by atoms with van der Waals surface area (Å²) in [5.74, 6) is -0.660. The summed E-state index contributed by atoms with van der Waals surface area (Å²) in [5, 5.41) is 2.68. The molecule has 0 aliphatic rings. The van der Waals surface area contributed by atoms with Crippen LogP contribution in [0.2, 0.25) is 0 Å². The molecule has 0 saturated carbocycles. The van der Waals surface area contributed by atoms with Crippen molar-refractivity contribution < 1.29 is 26.3 Å². The van der Waals surface area contributed by atoms with Gasteiger partial charge in [0.2, 0.25) is 0 Å². The molecule has 0 spiro atoms. The Labute approximate surface area is 197 Å². The van der Waals surface area contributed by atoms with E-state index in [4.69, 9.17) is 5.73 Å². The SMILES string of the molecule is CC(C)(C)c1ccc(S(=O)(=O)CCN=C(N)Nc2ccc(OC(F)(F)F)cc2)cc1.I. The summed E-state index contributed by atoms with van der Waals surface area (Å²) in [6, 6.07) is 11.6. The van der Waals surface area contributed by atoms with E-state index in [1.54, 1.807) is 24.3 Å². The lowest BCUT2D eigenvalue weighted by atomic mass is 9.87. The highest BCUT2D eigenvalue weighted by molar-refractivity contribution is 14.0. The van der Waals surface area contributed by atoms with Crippen LogP contribution in [-0.4, -0.2) is 33.0 Å².